The summed E-state index contributed by atoms with van der Waals surface area (Å²) in [5.74, 6) is -0.0703. The summed E-state index contributed by atoms with van der Waals surface area (Å²) in [4.78, 5) is 15.0. The van der Waals surface area contributed by atoms with Crippen LogP contribution in [0.5, 0.6) is 0 Å². The molecule has 1 amide bonds. The fourth-order valence-corrected chi connectivity index (χ4v) is 2.03. The van der Waals surface area contributed by atoms with Gasteiger partial charge in [-0.05, 0) is 5.41 Å². The first-order valence-corrected chi connectivity index (χ1v) is 6.81. The molecule has 0 radical (unpaired) electrons. The molecule has 2 N–H and O–H groups in total. The van der Waals surface area contributed by atoms with Gasteiger partial charge in [-0.3, -0.25) is 9.69 Å². The Hall–Kier alpha value is -0.820. The molecule has 7 heteroatoms. The minimum Gasteiger partial charge on any atom is -0.340 e. The van der Waals surface area contributed by atoms with E-state index < -0.39 is 12.7 Å². The second-order valence-electron chi connectivity index (χ2n) is 6.45. The number of amides is 1. The van der Waals surface area contributed by atoms with Gasteiger partial charge in [0, 0.05) is 38.6 Å². The third-order valence-electron chi connectivity index (χ3n) is 3.63. The average molecular weight is 295 g/mol. The lowest BCUT2D eigenvalue weighted by Gasteiger charge is -2.36. The van der Waals surface area contributed by atoms with E-state index in [1.807, 2.05) is 20.8 Å². The zero-order chi connectivity index (χ0) is 15.6. The van der Waals surface area contributed by atoms with E-state index in [1.54, 1.807) is 4.90 Å². The number of carbonyl (C=O) groups is 1. The Balaban J connectivity index is 2.40. The highest BCUT2D eigenvalue weighted by molar-refractivity contribution is 5.77. The number of nitrogens with two attached hydrogens (primary N) is 1. The largest absolute Gasteiger partial charge is 0.401 e. The summed E-state index contributed by atoms with van der Waals surface area (Å²) in [6.07, 6.45) is -3.94. The van der Waals surface area contributed by atoms with Crippen LogP contribution in [-0.4, -0.2) is 60.6 Å². The molecule has 0 bridgehead atoms. The molecule has 1 fully saturated rings. The van der Waals surface area contributed by atoms with Crippen molar-refractivity contribution in [1.82, 2.24) is 9.80 Å². The molecule has 1 aliphatic rings. The van der Waals surface area contributed by atoms with Gasteiger partial charge in [-0.25, -0.2) is 0 Å². The molecule has 4 nitrogen and oxygen atoms in total. The van der Waals surface area contributed by atoms with Crippen molar-refractivity contribution in [2.75, 3.05) is 32.7 Å². The van der Waals surface area contributed by atoms with Crippen LogP contribution in [0.4, 0.5) is 13.2 Å². The standard InChI is InChI=1S/C13H24F3N3O/c1-12(2,3)10(17)8-11(20)19-6-4-18(5-7-19)9-13(14,15)16/h10H,4-9,17H2,1-3H3. The van der Waals surface area contributed by atoms with Crippen LogP contribution in [0.2, 0.25) is 0 Å². The van der Waals surface area contributed by atoms with Crippen LogP contribution in [0.1, 0.15) is 27.2 Å². The van der Waals surface area contributed by atoms with Crippen molar-refractivity contribution >= 4 is 5.91 Å². The van der Waals surface area contributed by atoms with Crippen molar-refractivity contribution in [2.45, 2.75) is 39.4 Å². The van der Waals surface area contributed by atoms with Gasteiger partial charge in [0.15, 0.2) is 0 Å². The molecule has 0 aliphatic carbocycles. The fourth-order valence-electron chi connectivity index (χ4n) is 2.03. The number of nitrogens with zero attached hydrogens (tertiary/aromatic N) is 2. The van der Waals surface area contributed by atoms with Crippen molar-refractivity contribution < 1.29 is 18.0 Å². The van der Waals surface area contributed by atoms with Crippen LogP contribution in [0, 0.1) is 5.41 Å². The first-order chi connectivity index (χ1) is 8.99. The maximum Gasteiger partial charge on any atom is 0.401 e. The third-order valence-corrected chi connectivity index (χ3v) is 3.63. The summed E-state index contributed by atoms with van der Waals surface area (Å²) in [6.45, 7) is 6.19. The number of hydrogen-bond acceptors (Lipinski definition) is 3. The van der Waals surface area contributed by atoms with E-state index in [4.69, 9.17) is 5.73 Å². The second-order valence-corrected chi connectivity index (χ2v) is 6.45. The van der Waals surface area contributed by atoms with Gasteiger partial charge in [0.2, 0.25) is 5.91 Å². The Bertz CT molecular complexity index is 331. The molecule has 1 rings (SSSR count). The third kappa shape index (κ3) is 5.66. The van der Waals surface area contributed by atoms with E-state index in [0.717, 1.165) is 0 Å². The normalized spacial score (nSPS) is 20.1. The molecular weight excluding hydrogens is 271 g/mol. The highest BCUT2D eigenvalue weighted by Crippen LogP contribution is 2.21. The number of piperazine rings is 1. The summed E-state index contributed by atoms with van der Waals surface area (Å²) >= 11 is 0. The van der Waals surface area contributed by atoms with E-state index in [-0.39, 0.29) is 36.9 Å². The first kappa shape index (κ1) is 17.2. The lowest BCUT2D eigenvalue weighted by atomic mass is 9.85. The SMILES string of the molecule is CC(C)(C)C(N)CC(=O)N1CCN(CC(F)(F)F)CC1. The quantitative estimate of drug-likeness (QED) is 0.857. The maximum atomic E-state index is 12.3. The summed E-state index contributed by atoms with van der Waals surface area (Å²) < 4.78 is 36.8. The Labute approximate surface area is 118 Å². The summed E-state index contributed by atoms with van der Waals surface area (Å²) in [5, 5.41) is 0. The maximum absolute atomic E-state index is 12.3. The molecule has 118 valence electrons. The van der Waals surface area contributed by atoms with Gasteiger partial charge in [-0.1, -0.05) is 20.8 Å². The molecule has 20 heavy (non-hydrogen) atoms. The van der Waals surface area contributed by atoms with E-state index in [0.29, 0.717) is 13.1 Å². The molecule has 0 spiro atoms. The van der Waals surface area contributed by atoms with Crippen molar-refractivity contribution in [1.29, 1.82) is 0 Å². The van der Waals surface area contributed by atoms with E-state index in [9.17, 15) is 18.0 Å². The predicted octanol–water partition coefficient (Wildman–Crippen LogP) is 1.46. The van der Waals surface area contributed by atoms with Crippen LogP contribution in [0.3, 0.4) is 0 Å². The molecule has 1 aliphatic heterocycles. The number of carbonyl (C=O) groups excluding carboxylic acids is 1. The number of alkyl halides is 3. The van der Waals surface area contributed by atoms with Crippen LogP contribution in [0.15, 0.2) is 0 Å². The van der Waals surface area contributed by atoms with Gasteiger partial charge >= 0.3 is 6.18 Å². The molecular formula is C13H24F3N3O. The lowest BCUT2D eigenvalue weighted by Crippen LogP contribution is -2.52. The summed E-state index contributed by atoms with van der Waals surface area (Å²) in [5.41, 5.74) is 5.80. The minimum absolute atomic E-state index is 0.0703. The van der Waals surface area contributed by atoms with E-state index >= 15 is 0 Å². The molecule has 1 unspecified atom stereocenters. The van der Waals surface area contributed by atoms with Gasteiger partial charge in [0.05, 0.1) is 6.54 Å². The molecule has 1 atom stereocenters. The molecule has 0 aromatic rings. The van der Waals surface area contributed by atoms with Gasteiger partial charge in [0.25, 0.3) is 0 Å². The van der Waals surface area contributed by atoms with Gasteiger partial charge in [0.1, 0.15) is 0 Å². The highest BCUT2D eigenvalue weighted by Gasteiger charge is 2.33. The fraction of sp³-hybridized carbons (Fsp3) is 0.923. The molecule has 0 aromatic heterocycles. The number of rotatable bonds is 3. The Morgan fingerprint density at radius 3 is 2.05 bits per heavy atom. The van der Waals surface area contributed by atoms with E-state index in [2.05, 4.69) is 0 Å². The van der Waals surface area contributed by atoms with Crippen molar-refractivity contribution in [2.24, 2.45) is 11.1 Å². The van der Waals surface area contributed by atoms with Crippen LogP contribution in [-0.2, 0) is 4.79 Å². The first-order valence-electron chi connectivity index (χ1n) is 6.81. The summed E-state index contributed by atoms with van der Waals surface area (Å²) in [7, 11) is 0. The van der Waals surface area contributed by atoms with Crippen LogP contribution < -0.4 is 5.73 Å². The Morgan fingerprint density at radius 2 is 1.65 bits per heavy atom. The average Bonchev–Trinajstić information content (AvgIpc) is 2.26. The Kier molecular flexibility index (Phi) is 5.43. The second kappa shape index (κ2) is 6.30. The smallest absolute Gasteiger partial charge is 0.340 e. The molecule has 0 aromatic carbocycles. The van der Waals surface area contributed by atoms with Gasteiger partial charge in [-0.15, -0.1) is 0 Å². The lowest BCUT2D eigenvalue weighted by molar-refractivity contribution is -0.151. The van der Waals surface area contributed by atoms with Gasteiger partial charge in [-0.2, -0.15) is 13.2 Å². The van der Waals surface area contributed by atoms with Crippen molar-refractivity contribution in [3.8, 4) is 0 Å². The number of hydrogen-bond donors (Lipinski definition) is 1. The molecule has 0 saturated carbocycles. The Morgan fingerprint density at radius 1 is 1.15 bits per heavy atom. The van der Waals surface area contributed by atoms with E-state index in [1.165, 1.54) is 4.90 Å². The highest BCUT2D eigenvalue weighted by atomic mass is 19.4. The molecule has 1 saturated heterocycles. The summed E-state index contributed by atoms with van der Waals surface area (Å²) in [6, 6.07) is -0.247. The molecule has 1 heterocycles. The van der Waals surface area contributed by atoms with Crippen molar-refractivity contribution in [3.63, 3.8) is 0 Å². The topological polar surface area (TPSA) is 49.6 Å². The monoisotopic (exact) mass is 295 g/mol. The predicted molar refractivity (Wildman–Crippen MR) is 71.1 cm³/mol. The van der Waals surface area contributed by atoms with Crippen LogP contribution >= 0.6 is 0 Å². The minimum atomic E-state index is -4.18. The number of halogens is 3. The zero-order valence-corrected chi connectivity index (χ0v) is 12.3. The van der Waals surface area contributed by atoms with Crippen LogP contribution in [0.25, 0.3) is 0 Å². The zero-order valence-electron chi connectivity index (χ0n) is 12.3. The van der Waals surface area contributed by atoms with Gasteiger partial charge < -0.3 is 10.6 Å². The van der Waals surface area contributed by atoms with Crippen molar-refractivity contribution in [3.05, 3.63) is 0 Å².